The monoisotopic (exact) mass is 313 g/mol. The zero-order chi connectivity index (χ0) is 16.5. The molecule has 1 aromatic heterocycles. The van der Waals surface area contributed by atoms with Crippen LogP contribution >= 0.6 is 0 Å². The molecular formula is C13H19N3O6. The van der Waals surface area contributed by atoms with Crippen LogP contribution in [0.15, 0.2) is 4.52 Å². The van der Waals surface area contributed by atoms with E-state index in [2.05, 4.69) is 10.5 Å². The number of carbonyl (C=O) groups is 3. The van der Waals surface area contributed by atoms with Crippen LogP contribution in [0.1, 0.15) is 28.7 Å². The molecule has 22 heavy (non-hydrogen) atoms. The zero-order valence-corrected chi connectivity index (χ0v) is 12.7. The second-order valence-electron chi connectivity index (χ2n) is 4.29. The van der Waals surface area contributed by atoms with E-state index in [1.54, 1.807) is 6.92 Å². The first-order valence-corrected chi connectivity index (χ1v) is 6.68. The van der Waals surface area contributed by atoms with Crippen molar-refractivity contribution >= 4 is 17.9 Å². The van der Waals surface area contributed by atoms with E-state index in [9.17, 15) is 14.4 Å². The first kappa shape index (κ1) is 17.6. The Bertz CT molecular complexity index is 540. The van der Waals surface area contributed by atoms with Crippen molar-refractivity contribution in [3.63, 3.8) is 0 Å². The molecule has 0 aliphatic carbocycles. The SMILES string of the molecule is CCc1noc(C)c1C(=O)OCC(=O)NC(=O)NCCOC. The van der Waals surface area contributed by atoms with Gasteiger partial charge in [0.1, 0.15) is 11.3 Å². The van der Waals surface area contributed by atoms with Crippen LogP contribution in [-0.2, 0) is 20.7 Å². The number of aromatic nitrogens is 1. The molecule has 0 aromatic carbocycles. The van der Waals surface area contributed by atoms with E-state index >= 15 is 0 Å². The van der Waals surface area contributed by atoms with Crippen LogP contribution in [0.2, 0.25) is 0 Å². The van der Waals surface area contributed by atoms with Crippen LogP contribution in [0.4, 0.5) is 4.79 Å². The molecule has 0 unspecified atom stereocenters. The molecule has 0 bridgehead atoms. The maximum Gasteiger partial charge on any atom is 0.344 e. The van der Waals surface area contributed by atoms with Gasteiger partial charge in [-0.15, -0.1) is 0 Å². The Kier molecular flexibility index (Phi) is 7.03. The zero-order valence-electron chi connectivity index (χ0n) is 12.7. The molecule has 0 atom stereocenters. The Hall–Kier alpha value is -2.42. The molecule has 0 saturated carbocycles. The second kappa shape index (κ2) is 8.78. The Labute approximate surface area is 127 Å². The van der Waals surface area contributed by atoms with Crippen LogP contribution in [0.3, 0.4) is 0 Å². The van der Waals surface area contributed by atoms with E-state index in [4.69, 9.17) is 14.0 Å². The van der Waals surface area contributed by atoms with Gasteiger partial charge in [-0.2, -0.15) is 0 Å². The second-order valence-corrected chi connectivity index (χ2v) is 4.29. The van der Waals surface area contributed by atoms with Gasteiger partial charge in [0.15, 0.2) is 6.61 Å². The summed E-state index contributed by atoms with van der Waals surface area (Å²) in [6.45, 7) is 3.39. The highest BCUT2D eigenvalue weighted by atomic mass is 16.5. The van der Waals surface area contributed by atoms with E-state index in [0.29, 0.717) is 24.5 Å². The summed E-state index contributed by atoms with van der Waals surface area (Å²) in [7, 11) is 1.49. The summed E-state index contributed by atoms with van der Waals surface area (Å²) in [5.74, 6) is -1.14. The van der Waals surface area contributed by atoms with Gasteiger partial charge in [-0.05, 0) is 13.3 Å². The summed E-state index contributed by atoms with van der Waals surface area (Å²) in [4.78, 5) is 34.7. The maximum atomic E-state index is 11.9. The molecule has 0 spiro atoms. The quantitative estimate of drug-likeness (QED) is 0.544. The summed E-state index contributed by atoms with van der Waals surface area (Å²) < 4.78 is 14.5. The Balaban J connectivity index is 2.42. The summed E-state index contributed by atoms with van der Waals surface area (Å²) in [5.41, 5.74) is 0.667. The van der Waals surface area contributed by atoms with Crippen LogP contribution < -0.4 is 10.6 Å². The minimum Gasteiger partial charge on any atom is -0.452 e. The standard InChI is InChI=1S/C13H19N3O6/c1-4-9-11(8(2)22-16-9)12(18)21-7-10(17)15-13(19)14-5-6-20-3/h4-7H2,1-3H3,(H2,14,15,17,19). The average Bonchev–Trinajstić information content (AvgIpc) is 2.86. The molecule has 9 heteroatoms. The van der Waals surface area contributed by atoms with Crippen LogP contribution in [0.5, 0.6) is 0 Å². The highest BCUT2D eigenvalue weighted by molar-refractivity contribution is 5.97. The number of methoxy groups -OCH3 is 1. The number of aryl methyl sites for hydroxylation is 2. The van der Waals surface area contributed by atoms with Crippen molar-refractivity contribution in [2.45, 2.75) is 20.3 Å². The molecule has 0 aliphatic rings. The molecule has 9 nitrogen and oxygen atoms in total. The molecule has 0 fully saturated rings. The minimum absolute atomic E-state index is 0.208. The van der Waals surface area contributed by atoms with E-state index in [1.807, 2.05) is 12.2 Å². The van der Waals surface area contributed by atoms with Crippen molar-refractivity contribution in [2.24, 2.45) is 0 Å². The van der Waals surface area contributed by atoms with Crippen molar-refractivity contribution in [1.82, 2.24) is 15.8 Å². The van der Waals surface area contributed by atoms with Gasteiger partial charge in [-0.1, -0.05) is 12.1 Å². The Morgan fingerprint density at radius 1 is 1.32 bits per heavy atom. The average molecular weight is 313 g/mol. The number of hydrogen-bond acceptors (Lipinski definition) is 7. The molecule has 3 amide bonds. The van der Waals surface area contributed by atoms with Gasteiger partial charge >= 0.3 is 12.0 Å². The van der Waals surface area contributed by atoms with Crippen molar-refractivity contribution in [3.05, 3.63) is 17.0 Å². The number of nitrogens with one attached hydrogen (secondary N) is 2. The smallest absolute Gasteiger partial charge is 0.344 e. The van der Waals surface area contributed by atoms with Gasteiger partial charge in [-0.3, -0.25) is 10.1 Å². The highest BCUT2D eigenvalue weighted by Gasteiger charge is 2.21. The third-order valence-corrected chi connectivity index (χ3v) is 2.65. The van der Waals surface area contributed by atoms with E-state index in [0.717, 1.165) is 0 Å². The van der Waals surface area contributed by atoms with E-state index < -0.39 is 24.5 Å². The molecule has 0 saturated heterocycles. The first-order valence-electron chi connectivity index (χ1n) is 6.68. The number of ether oxygens (including phenoxy) is 2. The largest absolute Gasteiger partial charge is 0.452 e. The molecule has 1 aromatic rings. The van der Waals surface area contributed by atoms with Gasteiger partial charge in [-0.25, -0.2) is 9.59 Å². The normalized spacial score (nSPS) is 10.1. The van der Waals surface area contributed by atoms with E-state index in [-0.39, 0.29) is 12.1 Å². The lowest BCUT2D eigenvalue weighted by atomic mass is 10.1. The summed E-state index contributed by atoms with van der Waals surface area (Å²) in [6.07, 6.45) is 0.496. The Morgan fingerprint density at radius 3 is 2.68 bits per heavy atom. The number of urea groups is 1. The summed E-state index contributed by atoms with van der Waals surface area (Å²) >= 11 is 0. The lowest BCUT2D eigenvalue weighted by Crippen LogP contribution is -2.42. The molecule has 0 radical (unpaired) electrons. The van der Waals surface area contributed by atoms with Gasteiger partial charge in [0, 0.05) is 13.7 Å². The number of rotatable bonds is 7. The van der Waals surface area contributed by atoms with Gasteiger partial charge in [0.2, 0.25) is 0 Å². The predicted octanol–water partition coefficient (Wildman–Crippen LogP) is 0.174. The highest BCUT2D eigenvalue weighted by Crippen LogP contribution is 2.14. The topological polar surface area (TPSA) is 120 Å². The fourth-order valence-corrected chi connectivity index (χ4v) is 1.60. The molecule has 122 valence electrons. The summed E-state index contributed by atoms with van der Waals surface area (Å²) in [5, 5.41) is 8.14. The van der Waals surface area contributed by atoms with Gasteiger partial charge in [0.05, 0.1) is 12.3 Å². The molecule has 1 rings (SSSR count). The van der Waals surface area contributed by atoms with Crippen molar-refractivity contribution in [3.8, 4) is 0 Å². The van der Waals surface area contributed by atoms with E-state index in [1.165, 1.54) is 7.11 Å². The number of esters is 1. The summed E-state index contributed by atoms with van der Waals surface area (Å²) in [6, 6.07) is -0.687. The lowest BCUT2D eigenvalue weighted by Gasteiger charge is -2.07. The third-order valence-electron chi connectivity index (χ3n) is 2.65. The van der Waals surface area contributed by atoms with Crippen molar-refractivity contribution in [1.29, 1.82) is 0 Å². The molecule has 0 aliphatic heterocycles. The molecule has 1 heterocycles. The minimum atomic E-state index is -0.740. The molecule has 2 N–H and O–H groups in total. The number of nitrogens with zero attached hydrogens (tertiary/aromatic N) is 1. The van der Waals surface area contributed by atoms with Crippen molar-refractivity contribution in [2.75, 3.05) is 26.9 Å². The first-order chi connectivity index (χ1) is 10.5. The number of carbonyl (C=O) groups excluding carboxylic acids is 3. The Morgan fingerprint density at radius 2 is 2.05 bits per heavy atom. The third kappa shape index (κ3) is 5.17. The fourth-order valence-electron chi connectivity index (χ4n) is 1.60. The predicted molar refractivity (Wildman–Crippen MR) is 74.3 cm³/mol. The number of amides is 3. The number of hydrogen-bond donors (Lipinski definition) is 2. The fraction of sp³-hybridized carbons (Fsp3) is 0.538. The number of imide groups is 1. The molecular weight excluding hydrogens is 294 g/mol. The van der Waals surface area contributed by atoms with Gasteiger partial charge < -0.3 is 19.3 Å². The van der Waals surface area contributed by atoms with Crippen molar-refractivity contribution < 1.29 is 28.4 Å². The maximum absolute atomic E-state index is 11.9. The lowest BCUT2D eigenvalue weighted by molar-refractivity contribution is -0.123. The van der Waals surface area contributed by atoms with Crippen LogP contribution in [0.25, 0.3) is 0 Å². The van der Waals surface area contributed by atoms with Crippen LogP contribution in [0, 0.1) is 6.92 Å². The van der Waals surface area contributed by atoms with Crippen LogP contribution in [-0.4, -0.2) is 49.9 Å². The van der Waals surface area contributed by atoms with Gasteiger partial charge in [0.25, 0.3) is 5.91 Å².